The van der Waals surface area contributed by atoms with Crippen LogP contribution < -0.4 is 5.73 Å². The zero-order chi connectivity index (χ0) is 13.4. The molecule has 0 amide bonds. The van der Waals surface area contributed by atoms with Crippen molar-refractivity contribution in [1.82, 2.24) is 14.8 Å². The van der Waals surface area contributed by atoms with Crippen LogP contribution in [-0.2, 0) is 0 Å². The van der Waals surface area contributed by atoms with Crippen molar-refractivity contribution in [2.75, 3.05) is 5.73 Å². The van der Waals surface area contributed by atoms with E-state index in [1.165, 1.54) is 0 Å². The van der Waals surface area contributed by atoms with E-state index in [1.807, 2.05) is 11.5 Å². The van der Waals surface area contributed by atoms with Crippen LogP contribution >= 0.6 is 23.2 Å². The summed E-state index contributed by atoms with van der Waals surface area (Å²) >= 11 is 12.1. The molecule has 6 heteroatoms. The SMILES string of the molecule is Cc1nnc(-c2cc(Cl)cc(Cl)c2N)n1C(C)C. The van der Waals surface area contributed by atoms with Crippen LogP contribution in [0, 0.1) is 6.92 Å². The van der Waals surface area contributed by atoms with Gasteiger partial charge in [0.15, 0.2) is 5.82 Å². The number of nitrogens with zero attached hydrogens (tertiary/aromatic N) is 3. The lowest BCUT2D eigenvalue weighted by molar-refractivity contribution is 0.588. The molecule has 0 saturated heterocycles. The van der Waals surface area contributed by atoms with Crippen molar-refractivity contribution >= 4 is 28.9 Å². The van der Waals surface area contributed by atoms with Gasteiger partial charge in [0.1, 0.15) is 5.82 Å². The first-order valence-corrected chi connectivity index (χ1v) is 6.33. The van der Waals surface area contributed by atoms with Crippen molar-refractivity contribution in [1.29, 1.82) is 0 Å². The van der Waals surface area contributed by atoms with Crippen molar-refractivity contribution in [2.45, 2.75) is 26.8 Å². The summed E-state index contributed by atoms with van der Waals surface area (Å²) in [5.41, 5.74) is 7.17. The molecule has 96 valence electrons. The number of hydrogen-bond acceptors (Lipinski definition) is 3. The Morgan fingerprint density at radius 1 is 1.22 bits per heavy atom. The van der Waals surface area contributed by atoms with E-state index in [1.54, 1.807) is 12.1 Å². The molecule has 18 heavy (non-hydrogen) atoms. The lowest BCUT2D eigenvalue weighted by atomic mass is 10.1. The van der Waals surface area contributed by atoms with E-state index in [-0.39, 0.29) is 6.04 Å². The average molecular weight is 285 g/mol. The van der Waals surface area contributed by atoms with Crippen LogP contribution in [-0.4, -0.2) is 14.8 Å². The molecule has 1 aromatic heterocycles. The molecule has 0 aliphatic heterocycles. The summed E-state index contributed by atoms with van der Waals surface area (Å²) in [7, 11) is 0. The Morgan fingerprint density at radius 3 is 2.50 bits per heavy atom. The first-order valence-electron chi connectivity index (χ1n) is 5.58. The molecular weight excluding hydrogens is 271 g/mol. The summed E-state index contributed by atoms with van der Waals surface area (Å²) in [4.78, 5) is 0. The van der Waals surface area contributed by atoms with Crippen molar-refractivity contribution in [3.8, 4) is 11.4 Å². The Hall–Kier alpha value is -1.26. The maximum absolute atomic E-state index is 6.04. The van der Waals surface area contributed by atoms with Gasteiger partial charge in [0.05, 0.1) is 10.7 Å². The largest absolute Gasteiger partial charge is 0.397 e. The highest BCUT2D eigenvalue weighted by atomic mass is 35.5. The molecule has 0 aliphatic carbocycles. The molecule has 0 radical (unpaired) electrons. The van der Waals surface area contributed by atoms with Gasteiger partial charge < -0.3 is 10.3 Å². The highest BCUT2D eigenvalue weighted by Crippen LogP contribution is 2.35. The van der Waals surface area contributed by atoms with E-state index in [4.69, 9.17) is 28.9 Å². The summed E-state index contributed by atoms with van der Waals surface area (Å²) in [5.74, 6) is 1.51. The third-order valence-corrected chi connectivity index (χ3v) is 3.25. The molecule has 0 aliphatic rings. The third-order valence-electron chi connectivity index (χ3n) is 2.72. The molecule has 0 saturated carbocycles. The highest BCUT2D eigenvalue weighted by molar-refractivity contribution is 6.37. The predicted molar refractivity (Wildman–Crippen MR) is 75.0 cm³/mol. The van der Waals surface area contributed by atoms with Gasteiger partial charge in [0.2, 0.25) is 0 Å². The quantitative estimate of drug-likeness (QED) is 0.855. The maximum atomic E-state index is 6.04. The fourth-order valence-electron chi connectivity index (χ4n) is 1.94. The van der Waals surface area contributed by atoms with Gasteiger partial charge in [-0.3, -0.25) is 0 Å². The number of aromatic nitrogens is 3. The Labute approximate surface area is 116 Å². The Morgan fingerprint density at radius 2 is 1.89 bits per heavy atom. The van der Waals surface area contributed by atoms with Crippen LogP contribution in [0.1, 0.15) is 25.7 Å². The minimum Gasteiger partial charge on any atom is -0.397 e. The highest BCUT2D eigenvalue weighted by Gasteiger charge is 2.17. The second kappa shape index (κ2) is 4.78. The molecule has 0 atom stereocenters. The average Bonchev–Trinajstić information content (AvgIpc) is 2.65. The summed E-state index contributed by atoms with van der Waals surface area (Å²) in [6.45, 7) is 6.02. The maximum Gasteiger partial charge on any atom is 0.166 e. The van der Waals surface area contributed by atoms with Crippen LogP contribution in [0.4, 0.5) is 5.69 Å². The summed E-state index contributed by atoms with van der Waals surface area (Å²) in [6.07, 6.45) is 0. The van der Waals surface area contributed by atoms with Gasteiger partial charge >= 0.3 is 0 Å². The molecule has 4 nitrogen and oxygen atoms in total. The van der Waals surface area contributed by atoms with Crippen molar-refractivity contribution in [3.63, 3.8) is 0 Å². The van der Waals surface area contributed by atoms with Gasteiger partial charge in [0.25, 0.3) is 0 Å². The van der Waals surface area contributed by atoms with E-state index in [0.717, 1.165) is 5.82 Å². The summed E-state index contributed by atoms with van der Waals surface area (Å²) in [5, 5.41) is 9.20. The van der Waals surface area contributed by atoms with E-state index in [9.17, 15) is 0 Å². The van der Waals surface area contributed by atoms with Crippen molar-refractivity contribution in [2.24, 2.45) is 0 Å². The number of halogens is 2. The lowest BCUT2D eigenvalue weighted by Crippen LogP contribution is -2.06. The van der Waals surface area contributed by atoms with E-state index in [2.05, 4.69) is 24.0 Å². The number of anilines is 1. The Balaban J connectivity index is 2.70. The fraction of sp³-hybridized carbons (Fsp3) is 0.333. The van der Waals surface area contributed by atoms with Crippen LogP contribution in [0.3, 0.4) is 0 Å². The van der Waals surface area contributed by atoms with Crippen molar-refractivity contribution in [3.05, 3.63) is 28.0 Å². The summed E-state index contributed by atoms with van der Waals surface area (Å²) < 4.78 is 2.00. The molecule has 1 aromatic carbocycles. The normalized spacial score (nSPS) is 11.2. The van der Waals surface area contributed by atoms with E-state index < -0.39 is 0 Å². The number of nitrogens with two attached hydrogens (primary N) is 1. The molecule has 0 bridgehead atoms. The Kier molecular flexibility index (Phi) is 3.50. The first kappa shape index (κ1) is 13.2. The smallest absolute Gasteiger partial charge is 0.166 e. The standard InChI is InChI=1S/C12H14Cl2N4/c1-6(2)18-7(3)16-17-12(18)9-4-8(13)5-10(14)11(9)15/h4-6H,15H2,1-3H3. The molecular formula is C12H14Cl2N4. The van der Waals surface area contributed by atoms with Crippen LogP contribution in [0.2, 0.25) is 10.0 Å². The van der Waals surface area contributed by atoms with Gasteiger partial charge in [-0.25, -0.2) is 0 Å². The topological polar surface area (TPSA) is 56.7 Å². The molecule has 0 fully saturated rings. The van der Waals surface area contributed by atoms with E-state index in [0.29, 0.717) is 27.1 Å². The Bertz CT molecular complexity index is 590. The van der Waals surface area contributed by atoms with Gasteiger partial charge in [0, 0.05) is 16.6 Å². The van der Waals surface area contributed by atoms with Crippen molar-refractivity contribution < 1.29 is 0 Å². The molecule has 1 heterocycles. The van der Waals surface area contributed by atoms with Crippen LogP contribution in [0.15, 0.2) is 12.1 Å². The lowest BCUT2D eigenvalue weighted by Gasteiger charge is -2.14. The van der Waals surface area contributed by atoms with Crippen LogP contribution in [0.25, 0.3) is 11.4 Å². The molecule has 0 spiro atoms. The zero-order valence-electron chi connectivity index (χ0n) is 10.4. The minimum atomic E-state index is 0.229. The fourth-order valence-corrected chi connectivity index (χ4v) is 2.43. The van der Waals surface area contributed by atoms with Gasteiger partial charge in [-0.15, -0.1) is 10.2 Å². The molecule has 2 aromatic rings. The van der Waals surface area contributed by atoms with Gasteiger partial charge in [-0.05, 0) is 32.9 Å². The molecule has 2 rings (SSSR count). The first-order chi connectivity index (χ1) is 8.41. The predicted octanol–water partition coefficient (Wildman–Crippen LogP) is 3.72. The number of benzene rings is 1. The van der Waals surface area contributed by atoms with Gasteiger partial charge in [-0.2, -0.15) is 0 Å². The second-order valence-electron chi connectivity index (χ2n) is 4.38. The van der Waals surface area contributed by atoms with Gasteiger partial charge in [-0.1, -0.05) is 23.2 Å². The number of aryl methyl sites for hydroxylation is 1. The summed E-state index contributed by atoms with van der Waals surface area (Å²) in [6, 6.07) is 3.60. The third kappa shape index (κ3) is 2.18. The monoisotopic (exact) mass is 284 g/mol. The second-order valence-corrected chi connectivity index (χ2v) is 5.23. The minimum absolute atomic E-state index is 0.229. The molecule has 0 unspecified atom stereocenters. The van der Waals surface area contributed by atoms with E-state index >= 15 is 0 Å². The number of nitrogen functional groups attached to an aromatic ring is 1. The van der Waals surface area contributed by atoms with Crippen LogP contribution in [0.5, 0.6) is 0 Å². The zero-order valence-corrected chi connectivity index (χ0v) is 11.9. The molecule has 2 N–H and O–H groups in total. The number of hydrogen-bond donors (Lipinski definition) is 1. The number of rotatable bonds is 2.